The molecule has 208 valence electrons. The van der Waals surface area contributed by atoms with Gasteiger partial charge in [0.2, 0.25) is 5.78 Å². The van der Waals surface area contributed by atoms with E-state index < -0.39 is 16.7 Å². The summed E-state index contributed by atoms with van der Waals surface area (Å²) < 4.78 is 11.2. The smallest absolute Gasteiger partial charge is 0.332 e. The third-order valence-electron chi connectivity index (χ3n) is 5.85. The fourth-order valence-corrected chi connectivity index (χ4v) is 4.12. The van der Waals surface area contributed by atoms with Gasteiger partial charge in [0.25, 0.3) is 12.2 Å². The zero-order chi connectivity index (χ0) is 29.2. The standard InChI is InChI=1S/C24H19N3O5.C5H10O3/c1-3-26-21-11-9-17(13-19(21)20-14-18(27(30)31)10-12-22(20)26)24(29)23(25-32-15(2)28)16-7-5-4-6-8-16;1-5(3-7-2)8-4-6/h4-14H,3H2,1-2H3;4-5H,3H2,1-2H3/b25-23+;. The van der Waals surface area contributed by atoms with Gasteiger partial charge < -0.3 is 18.9 Å². The molecule has 0 saturated carbocycles. The Morgan fingerprint density at radius 3 is 2.25 bits per heavy atom. The quantitative estimate of drug-likeness (QED) is 0.0670. The van der Waals surface area contributed by atoms with Crippen LogP contribution in [0, 0.1) is 10.1 Å². The van der Waals surface area contributed by atoms with Gasteiger partial charge >= 0.3 is 5.97 Å². The molecule has 1 heterocycles. The number of Topliss-reactive ketones (excluding diaryl/α,β-unsaturated/α-hetero) is 1. The van der Waals surface area contributed by atoms with Crippen LogP contribution in [0.2, 0.25) is 0 Å². The molecule has 0 spiro atoms. The highest BCUT2D eigenvalue weighted by Crippen LogP contribution is 2.32. The number of benzene rings is 3. The van der Waals surface area contributed by atoms with E-state index in [1.807, 2.05) is 17.6 Å². The van der Waals surface area contributed by atoms with Gasteiger partial charge in [-0.3, -0.25) is 19.7 Å². The Morgan fingerprint density at radius 2 is 1.68 bits per heavy atom. The lowest BCUT2D eigenvalue weighted by molar-refractivity contribution is -0.384. The Hall–Kier alpha value is -4.90. The van der Waals surface area contributed by atoms with E-state index in [0.29, 0.717) is 36.1 Å². The van der Waals surface area contributed by atoms with Gasteiger partial charge in [0.1, 0.15) is 6.10 Å². The molecule has 1 unspecified atom stereocenters. The molecule has 1 aromatic heterocycles. The number of nitrogens with zero attached hydrogens (tertiary/aromatic N) is 3. The summed E-state index contributed by atoms with van der Waals surface area (Å²) in [6, 6.07) is 18.6. The van der Waals surface area contributed by atoms with Crippen molar-refractivity contribution < 1.29 is 33.6 Å². The summed E-state index contributed by atoms with van der Waals surface area (Å²) in [6.45, 7) is 6.49. The van der Waals surface area contributed by atoms with Crippen LogP contribution in [-0.2, 0) is 30.4 Å². The molecule has 0 bridgehead atoms. The Bertz CT molecular complexity index is 1560. The average molecular weight is 548 g/mol. The summed E-state index contributed by atoms with van der Waals surface area (Å²) in [7, 11) is 1.56. The van der Waals surface area contributed by atoms with Crippen molar-refractivity contribution in [2.45, 2.75) is 33.4 Å². The molecule has 4 rings (SSSR count). The molecule has 40 heavy (non-hydrogen) atoms. The number of methoxy groups -OCH3 is 1. The van der Waals surface area contributed by atoms with Crippen LogP contribution >= 0.6 is 0 Å². The number of fused-ring (bicyclic) bond motifs is 3. The first-order valence-electron chi connectivity index (χ1n) is 12.4. The maximum atomic E-state index is 13.4. The zero-order valence-corrected chi connectivity index (χ0v) is 22.5. The van der Waals surface area contributed by atoms with Crippen LogP contribution in [0.3, 0.4) is 0 Å². The highest BCUT2D eigenvalue weighted by Gasteiger charge is 2.21. The van der Waals surface area contributed by atoms with Crippen LogP contribution < -0.4 is 0 Å². The average Bonchev–Trinajstić information content (AvgIpc) is 3.26. The molecular weight excluding hydrogens is 518 g/mol. The number of nitro groups is 1. The summed E-state index contributed by atoms with van der Waals surface area (Å²) >= 11 is 0. The number of hydrogen-bond donors (Lipinski definition) is 0. The number of nitro benzene ring substituents is 1. The normalized spacial score (nSPS) is 11.8. The molecule has 4 aromatic rings. The highest BCUT2D eigenvalue weighted by atomic mass is 16.7. The Balaban J connectivity index is 0.000000482. The number of aryl methyl sites for hydroxylation is 1. The number of hydrogen-bond acceptors (Lipinski definition) is 9. The molecule has 0 aliphatic rings. The van der Waals surface area contributed by atoms with Crippen LogP contribution in [0.15, 0.2) is 71.9 Å². The van der Waals surface area contributed by atoms with Crippen molar-refractivity contribution in [2.24, 2.45) is 5.16 Å². The van der Waals surface area contributed by atoms with Crippen LogP contribution in [0.4, 0.5) is 5.69 Å². The van der Waals surface area contributed by atoms with Gasteiger partial charge in [-0.15, -0.1) is 0 Å². The summed E-state index contributed by atoms with van der Waals surface area (Å²) in [5.41, 5.74) is 2.50. The van der Waals surface area contributed by atoms with Gasteiger partial charge in [0.05, 0.1) is 11.5 Å². The zero-order valence-electron chi connectivity index (χ0n) is 22.5. The number of ether oxygens (including phenoxy) is 2. The second-order valence-corrected chi connectivity index (χ2v) is 8.65. The monoisotopic (exact) mass is 547 g/mol. The molecule has 11 heteroatoms. The van der Waals surface area contributed by atoms with Crippen molar-refractivity contribution in [1.29, 1.82) is 0 Å². The molecule has 0 aliphatic heterocycles. The molecule has 0 aliphatic carbocycles. The van der Waals surface area contributed by atoms with Crippen molar-refractivity contribution in [3.8, 4) is 0 Å². The molecular formula is C29H29N3O8. The van der Waals surface area contributed by atoms with Gasteiger partial charge in [-0.2, -0.15) is 0 Å². The lowest BCUT2D eigenvalue weighted by Crippen LogP contribution is -2.17. The third kappa shape index (κ3) is 6.94. The van der Waals surface area contributed by atoms with Crippen molar-refractivity contribution >= 4 is 51.4 Å². The van der Waals surface area contributed by atoms with E-state index in [2.05, 4.69) is 14.6 Å². The van der Waals surface area contributed by atoms with E-state index in [1.165, 1.54) is 19.1 Å². The van der Waals surface area contributed by atoms with Gasteiger partial charge in [0, 0.05) is 65.6 Å². The minimum Gasteiger partial charge on any atom is -0.462 e. The van der Waals surface area contributed by atoms with Gasteiger partial charge in [-0.25, -0.2) is 4.79 Å². The fourth-order valence-electron chi connectivity index (χ4n) is 4.12. The van der Waals surface area contributed by atoms with E-state index in [9.17, 15) is 24.5 Å². The maximum absolute atomic E-state index is 13.4. The molecule has 0 radical (unpaired) electrons. The Labute approximate surface area is 230 Å². The topological polar surface area (TPSA) is 139 Å². The van der Waals surface area contributed by atoms with Crippen molar-refractivity contribution in [3.05, 3.63) is 88.0 Å². The number of ketones is 1. The summed E-state index contributed by atoms with van der Waals surface area (Å²) in [5.74, 6) is -1.07. The molecule has 0 N–H and O–H groups in total. The first-order valence-corrected chi connectivity index (χ1v) is 12.4. The van der Waals surface area contributed by atoms with Crippen LogP contribution in [0.1, 0.15) is 36.7 Å². The van der Waals surface area contributed by atoms with Crippen LogP contribution in [-0.4, -0.2) is 53.2 Å². The molecule has 11 nitrogen and oxygen atoms in total. The predicted molar refractivity (Wildman–Crippen MR) is 149 cm³/mol. The maximum Gasteiger partial charge on any atom is 0.332 e. The molecule has 3 aromatic carbocycles. The summed E-state index contributed by atoms with van der Waals surface area (Å²) in [5, 5.41) is 16.5. The van der Waals surface area contributed by atoms with Gasteiger partial charge in [0.15, 0.2) is 5.71 Å². The van der Waals surface area contributed by atoms with E-state index >= 15 is 0 Å². The van der Waals surface area contributed by atoms with Crippen molar-refractivity contribution in [2.75, 3.05) is 13.7 Å². The minimum atomic E-state index is -0.639. The fraction of sp³-hybridized carbons (Fsp3) is 0.241. The van der Waals surface area contributed by atoms with E-state index in [4.69, 9.17) is 4.84 Å². The van der Waals surface area contributed by atoms with E-state index in [-0.39, 0.29) is 17.5 Å². The summed E-state index contributed by atoms with van der Waals surface area (Å²) in [4.78, 5) is 49.9. The van der Waals surface area contributed by atoms with E-state index in [1.54, 1.807) is 62.6 Å². The summed E-state index contributed by atoms with van der Waals surface area (Å²) in [6.07, 6.45) is -0.127. The number of non-ortho nitro benzene ring substituents is 1. The van der Waals surface area contributed by atoms with Gasteiger partial charge in [-0.05, 0) is 38.1 Å². The SMILES string of the molecule is CCn1c2ccc(C(=O)/C(=N/OC(C)=O)c3ccccc3)cc2c2cc([N+](=O)[O-])ccc21.COCC(C)OC=O. The molecule has 0 fully saturated rings. The Kier molecular flexibility index (Phi) is 10.2. The number of carbonyl (C=O) groups is 3. The lowest BCUT2D eigenvalue weighted by atomic mass is 9.99. The number of oxime groups is 1. The first-order chi connectivity index (χ1) is 19.2. The lowest BCUT2D eigenvalue weighted by Gasteiger charge is -2.07. The number of aromatic nitrogens is 1. The first kappa shape index (κ1) is 29.7. The highest BCUT2D eigenvalue weighted by molar-refractivity contribution is 6.51. The number of carbonyl (C=O) groups excluding carboxylic acids is 3. The number of rotatable bonds is 10. The van der Waals surface area contributed by atoms with Crippen LogP contribution in [0.5, 0.6) is 0 Å². The minimum absolute atomic E-state index is 0.00893. The van der Waals surface area contributed by atoms with Crippen molar-refractivity contribution in [3.63, 3.8) is 0 Å². The van der Waals surface area contributed by atoms with Crippen LogP contribution in [0.25, 0.3) is 21.8 Å². The third-order valence-corrected chi connectivity index (χ3v) is 5.85. The Morgan fingerprint density at radius 1 is 1.02 bits per heavy atom. The molecule has 0 amide bonds. The second kappa shape index (κ2) is 13.8. The second-order valence-electron chi connectivity index (χ2n) is 8.65. The predicted octanol–water partition coefficient (Wildman–Crippen LogP) is 5.07. The van der Waals surface area contributed by atoms with Crippen molar-refractivity contribution in [1.82, 2.24) is 4.57 Å². The largest absolute Gasteiger partial charge is 0.462 e. The molecule has 0 saturated heterocycles. The molecule has 1 atom stereocenters. The van der Waals surface area contributed by atoms with E-state index in [0.717, 1.165) is 16.4 Å². The van der Waals surface area contributed by atoms with Gasteiger partial charge in [-0.1, -0.05) is 35.5 Å².